The van der Waals surface area contributed by atoms with Gasteiger partial charge in [-0.25, -0.2) is 4.99 Å². The Bertz CT molecular complexity index is 941. The van der Waals surface area contributed by atoms with Gasteiger partial charge in [0.1, 0.15) is 12.3 Å². The van der Waals surface area contributed by atoms with Crippen molar-refractivity contribution in [3.05, 3.63) is 54.1 Å². The van der Waals surface area contributed by atoms with E-state index in [1.807, 2.05) is 37.3 Å². The minimum Gasteiger partial charge on any atom is -0.497 e. The number of aliphatic imine (C=N–C) groups is 1. The van der Waals surface area contributed by atoms with Crippen LogP contribution in [0.1, 0.15) is 12.5 Å². The summed E-state index contributed by atoms with van der Waals surface area (Å²) >= 11 is 0. The maximum Gasteiger partial charge on any atom is 0.246 e. The van der Waals surface area contributed by atoms with Crippen molar-refractivity contribution in [2.24, 2.45) is 4.99 Å². The first-order chi connectivity index (χ1) is 15.1. The van der Waals surface area contributed by atoms with Gasteiger partial charge in [-0.3, -0.25) is 4.79 Å². The molecule has 0 spiro atoms. The average molecular weight is 420 g/mol. The van der Waals surface area contributed by atoms with E-state index in [2.05, 4.69) is 43.5 Å². The van der Waals surface area contributed by atoms with Gasteiger partial charge in [-0.05, 0) is 49.4 Å². The maximum absolute atomic E-state index is 12.4. The number of guanidine groups is 1. The lowest BCUT2D eigenvalue weighted by molar-refractivity contribution is -0.114. The number of hydrogen-bond acceptors (Lipinski definition) is 4. The van der Waals surface area contributed by atoms with E-state index in [4.69, 9.17) is 11.2 Å². The summed E-state index contributed by atoms with van der Waals surface area (Å²) in [6.45, 7) is 6.20. The number of carbonyl (C=O) groups excluding carboxylic acids is 1. The smallest absolute Gasteiger partial charge is 0.246 e. The largest absolute Gasteiger partial charge is 0.497 e. The molecule has 0 saturated carbocycles. The Balaban J connectivity index is 1.56. The number of nitrogens with zero attached hydrogens (tertiary/aromatic N) is 3. The van der Waals surface area contributed by atoms with Crippen molar-refractivity contribution in [3.8, 4) is 18.1 Å². The molecule has 2 aromatic carbocycles. The second kappa shape index (κ2) is 10.9. The van der Waals surface area contributed by atoms with E-state index >= 15 is 0 Å². The fraction of sp³-hybridized carbons (Fsp3) is 0.333. The van der Waals surface area contributed by atoms with Crippen molar-refractivity contribution in [1.82, 2.24) is 10.2 Å². The van der Waals surface area contributed by atoms with Gasteiger partial charge < -0.3 is 25.2 Å². The molecule has 162 valence electrons. The van der Waals surface area contributed by atoms with Crippen LogP contribution in [0.4, 0.5) is 11.4 Å². The summed E-state index contributed by atoms with van der Waals surface area (Å²) in [6, 6.07) is 15.3. The maximum atomic E-state index is 12.4. The number of hydrogen-bond donors (Lipinski definition) is 2. The first-order valence-corrected chi connectivity index (χ1v) is 10.4. The van der Waals surface area contributed by atoms with E-state index in [1.165, 1.54) is 5.69 Å². The number of nitrogens with one attached hydrogen (secondary N) is 2. The summed E-state index contributed by atoms with van der Waals surface area (Å²) < 4.78 is 5.24. The van der Waals surface area contributed by atoms with E-state index in [0.29, 0.717) is 5.69 Å². The van der Waals surface area contributed by atoms with Crippen LogP contribution in [-0.2, 0) is 4.79 Å². The Morgan fingerprint density at radius 3 is 2.55 bits per heavy atom. The number of benzene rings is 2. The lowest BCUT2D eigenvalue weighted by atomic mass is 10.2. The number of terminal acetylenes is 1. The normalized spacial score (nSPS) is 14.0. The summed E-state index contributed by atoms with van der Waals surface area (Å²) in [5, 5.41) is 6.14. The third-order valence-corrected chi connectivity index (χ3v) is 5.04. The molecule has 31 heavy (non-hydrogen) atoms. The fourth-order valence-electron chi connectivity index (χ4n) is 3.43. The number of amides is 1. The highest BCUT2D eigenvalue weighted by Gasteiger charge is 2.20. The zero-order valence-corrected chi connectivity index (χ0v) is 18.1. The summed E-state index contributed by atoms with van der Waals surface area (Å²) in [5.74, 6) is 4.00. The molecule has 1 heterocycles. The number of rotatable bonds is 6. The Hall–Kier alpha value is -3.66. The van der Waals surface area contributed by atoms with Gasteiger partial charge in [0.05, 0.1) is 7.11 Å². The molecule has 0 aromatic heterocycles. The molecule has 1 aliphatic heterocycles. The number of carbonyl (C=O) groups is 1. The lowest BCUT2D eigenvalue weighted by Gasteiger charge is -2.37. The van der Waals surface area contributed by atoms with Crippen molar-refractivity contribution >= 4 is 23.2 Å². The van der Waals surface area contributed by atoms with Crippen molar-refractivity contribution in [1.29, 1.82) is 0 Å². The molecule has 0 bridgehead atoms. The van der Waals surface area contributed by atoms with E-state index in [1.54, 1.807) is 13.2 Å². The number of piperazine rings is 1. The van der Waals surface area contributed by atoms with Crippen LogP contribution in [-0.4, -0.2) is 63.1 Å². The highest BCUT2D eigenvalue weighted by atomic mass is 16.5. The lowest BCUT2D eigenvalue weighted by Crippen LogP contribution is -2.52. The molecule has 7 nitrogen and oxygen atoms in total. The van der Waals surface area contributed by atoms with Gasteiger partial charge in [-0.2, -0.15) is 0 Å². The second-order valence-electron chi connectivity index (χ2n) is 7.12. The van der Waals surface area contributed by atoms with Gasteiger partial charge in [0.2, 0.25) is 5.91 Å². The van der Waals surface area contributed by atoms with Crippen LogP contribution in [0.2, 0.25) is 0 Å². The van der Waals surface area contributed by atoms with Crippen LogP contribution in [0, 0.1) is 12.3 Å². The minimum absolute atomic E-state index is 0.0430. The highest BCUT2D eigenvalue weighted by Crippen LogP contribution is 2.20. The van der Waals surface area contributed by atoms with Crippen molar-refractivity contribution in [2.45, 2.75) is 6.92 Å². The zero-order valence-electron chi connectivity index (χ0n) is 18.1. The molecule has 3 rings (SSSR count). The molecular weight excluding hydrogens is 390 g/mol. The van der Waals surface area contributed by atoms with Crippen LogP contribution in [0.5, 0.6) is 5.75 Å². The molecule has 2 aromatic rings. The SMILES string of the molecule is C#Cc1cccc(NC(=O)CN=C(NCC)N2CCN(c3ccc(OC)cc3)CC2)c1. The molecular formula is C24H29N5O2. The molecule has 1 aliphatic rings. The zero-order chi connectivity index (χ0) is 22.1. The predicted molar refractivity (Wildman–Crippen MR) is 126 cm³/mol. The minimum atomic E-state index is -0.179. The highest BCUT2D eigenvalue weighted by molar-refractivity contribution is 5.94. The molecule has 0 atom stereocenters. The van der Waals surface area contributed by atoms with E-state index in [-0.39, 0.29) is 12.5 Å². The van der Waals surface area contributed by atoms with Crippen LogP contribution in [0.15, 0.2) is 53.5 Å². The summed E-state index contributed by atoms with van der Waals surface area (Å²) in [4.78, 5) is 21.4. The van der Waals surface area contributed by atoms with Gasteiger partial charge in [-0.15, -0.1) is 6.42 Å². The van der Waals surface area contributed by atoms with Gasteiger partial charge in [0.15, 0.2) is 5.96 Å². The Morgan fingerprint density at radius 2 is 1.90 bits per heavy atom. The monoisotopic (exact) mass is 419 g/mol. The first-order valence-electron chi connectivity index (χ1n) is 10.4. The van der Waals surface area contributed by atoms with Crippen molar-refractivity contribution in [3.63, 3.8) is 0 Å². The molecule has 1 fully saturated rings. The summed E-state index contributed by atoms with van der Waals surface area (Å²) in [7, 11) is 1.67. The average Bonchev–Trinajstić information content (AvgIpc) is 2.82. The first kappa shape index (κ1) is 22.0. The molecule has 1 amide bonds. The third kappa shape index (κ3) is 6.16. The topological polar surface area (TPSA) is 69.2 Å². The Kier molecular flexibility index (Phi) is 7.77. The Morgan fingerprint density at radius 1 is 1.16 bits per heavy atom. The third-order valence-electron chi connectivity index (χ3n) is 5.04. The predicted octanol–water partition coefficient (Wildman–Crippen LogP) is 2.40. The number of anilines is 2. The molecule has 7 heteroatoms. The molecule has 0 aliphatic carbocycles. The standard InChI is InChI=1S/C24H29N5O2/c1-4-19-7-6-8-20(17-19)27-23(30)18-26-24(25-5-2)29-15-13-28(14-16-29)21-9-11-22(31-3)12-10-21/h1,6-12,17H,5,13-16,18H2,2-3H3,(H,25,26)(H,27,30). The van der Waals surface area contributed by atoms with E-state index in [9.17, 15) is 4.79 Å². The second-order valence-corrected chi connectivity index (χ2v) is 7.12. The van der Waals surface area contributed by atoms with Crippen molar-refractivity contribution < 1.29 is 9.53 Å². The Labute approximate surface area is 184 Å². The summed E-state index contributed by atoms with van der Waals surface area (Å²) in [6.07, 6.45) is 5.42. The van der Waals surface area contributed by atoms with Crippen LogP contribution in [0.3, 0.4) is 0 Å². The van der Waals surface area contributed by atoms with Gasteiger partial charge in [0, 0.05) is 49.7 Å². The number of ether oxygens (including phenoxy) is 1. The van der Waals surface area contributed by atoms with E-state index in [0.717, 1.165) is 50.0 Å². The molecule has 1 saturated heterocycles. The molecule has 2 N–H and O–H groups in total. The fourth-order valence-corrected chi connectivity index (χ4v) is 3.43. The van der Waals surface area contributed by atoms with Crippen LogP contribution < -0.4 is 20.3 Å². The van der Waals surface area contributed by atoms with Gasteiger partial charge in [-0.1, -0.05) is 12.0 Å². The molecule has 0 radical (unpaired) electrons. The van der Waals surface area contributed by atoms with Crippen LogP contribution in [0.25, 0.3) is 0 Å². The van der Waals surface area contributed by atoms with Gasteiger partial charge in [0.25, 0.3) is 0 Å². The molecule has 0 unspecified atom stereocenters. The van der Waals surface area contributed by atoms with Gasteiger partial charge >= 0.3 is 0 Å². The van der Waals surface area contributed by atoms with E-state index < -0.39 is 0 Å². The quantitative estimate of drug-likeness (QED) is 0.428. The van der Waals surface area contributed by atoms with Crippen LogP contribution >= 0.6 is 0 Å². The summed E-state index contributed by atoms with van der Waals surface area (Å²) in [5.41, 5.74) is 2.58. The van der Waals surface area contributed by atoms with Crippen molar-refractivity contribution in [2.75, 3.05) is 56.6 Å². The number of methoxy groups -OCH3 is 1.